The first-order valence-electron chi connectivity index (χ1n) is 5.78. The highest BCUT2D eigenvalue weighted by Gasteiger charge is 2.34. The van der Waals surface area contributed by atoms with Crippen LogP contribution in [-0.4, -0.2) is 17.2 Å². The normalized spacial score (nSPS) is 12.1. The summed E-state index contributed by atoms with van der Waals surface area (Å²) in [6.07, 6.45) is 0. The summed E-state index contributed by atoms with van der Waals surface area (Å²) < 4.78 is 10.9. The molecule has 1 rings (SSSR count). The van der Waals surface area contributed by atoms with E-state index < -0.39 is 17.2 Å². The third-order valence-corrected chi connectivity index (χ3v) is 2.33. The molecule has 0 amide bonds. The van der Waals surface area contributed by atoms with Crippen LogP contribution in [0.15, 0.2) is 24.3 Å². The third-order valence-electron chi connectivity index (χ3n) is 2.08. The summed E-state index contributed by atoms with van der Waals surface area (Å²) >= 11 is 5.79. The van der Waals surface area contributed by atoms with Crippen molar-refractivity contribution in [1.29, 1.82) is 0 Å². The highest BCUT2D eigenvalue weighted by Crippen LogP contribution is 2.23. The molecule has 0 atom stereocenters. The molecule has 0 fully saturated rings. The summed E-state index contributed by atoms with van der Waals surface area (Å²) in [7, 11) is 0. The number of carbonyl (C=O) groups is 1. The van der Waals surface area contributed by atoms with Gasteiger partial charge in [-0.1, -0.05) is 11.6 Å². The maximum atomic E-state index is 12.0. The van der Waals surface area contributed by atoms with Gasteiger partial charge in [0.1, 0.15) is 11.4 Å². The lowest BCUT2D eigenvalue weighted by atomic mass is 10.1. The van der Waals surface area contributed by atoms with E-state index in [1.54, 1.807) is 38.1 Å². The standard InChI is InChI=1S/C14H19ClO3/c1-13(2,3)18-12(16)14(4,5)17-11-8-6-10(15)7-9-11/h6-9H,1-5H3. The van der Waals surface area contributed by atoms with Gasteiger partial charge >= 0.3 is 5.97 Å². The fourth-order valence-corrected chi connectivity index (χ4v) is 1.37. The molecule has 1 aromatic carbocycles. The zero-order valence-corrected chi connectivity index (χ0v) is 12.2. The summed E-state index contributed by atoms with van der Waals surface area (Å²) in [4.78, 5) is 12.0. The maximum absolute atomic E-state index is 12.0. The van der Waals surface area contributed by atoms with Crippen LogP contribution in [0.2, 0.25) is 5.02 Å². The highest BCUT2D eigenvalue weighted by atomic mass is 35.5. The van der Waals surface area contributed by atoms with Crippen molar-refractivity contribution in [2.24, 2.45) is 0 Å². The van der Waals surface area contributed by atoms with Crippen molar-refractivity contribution in [2.45, 2.75) is 45.8 Å². The van der Waals surface area contributed by atoms with Gasteiger partial charge in [-0.15, -0.1) is 0 Å². The number of benzene rings is 1. The second-order valence-corrected chi connectivity index (χ2v) is 6.00. The van der Waals surface area contributed by atoms with E-state index in [9.17, 15) is 4.79 Å². The second-order valence-electron chi connectivity index (χ2n) is 5.57. The number of halogens is 1. The number of hydrogen-bond acceptors (Lipinski definition) is 3. The molecule has 0 heterocycles. The molecule has 0 bridgehead atoms. The number of rotatable bonds is 3. The van der Waals surface area contributed by atoms with E-state index in [2.05, 4.69) is 0 Å². The van der Waals surface area contributed by atoms with Crippen LogP contribution in [0, 0.1) is 0 Å². The van der Waals surface area contributed by atoms with Crippen LogP contribution in [0.25, 0.3) is 0 Å². The van der Waals surface area contributed by atoms with Gasteiger partial charge < -0.3 is 9.47 Å². The van der Waals surface area contributed by atoms with Crippen molar-refractivity contribution < 1.29 is 14.3 Å². The summed E-state index contributed by atoms with van der Waals surface area (Å²) in [5.41, 5.74) is -1.57. The Kier molecular flexibility index (Phi) is 4.28. The van der Waals surface area contributed by atoms with E-state index >= 15 is 0 Å². The zero-order chi connectivity index (χ0) is 14.0. The molecule has 0 spiro atoms. The van der Waals surface area contributed by atoms with Crippen LogP contribution in [-0.2, 0) is 9.53 Å². The third kappa shape index (κ3) is 4.57. The molecule has 0 aromatic heterocycles. The fraction of sp³-hybridized carbons (Fsp3) is 0.500. The summed E-state index contributed by atoms with van der Waals surface area (Å²) in [6.45, 7) is 8.82. The first-order valence-corrected chi connectivity index (χ1v) is 6.16. The number of hydrogen-bond donors (Lipinski definition) is 0. The van der Waals surface area contributed by atoms with E-state index in [4.69, 9.17) is 21.1 Å². The van der Waals surface area contributed by atoms with Crippen molar-refractivity contribution in [3.05, 3.63) is 29.3 Å². The minimum absolute atomic E-state index is 0.398. The van der Waals surface area contributed by atoms with E-state index in [1.807, 2.05) is 20.8 Å². The largest absolute Gasteiger partial charge is 0.476 e. The Morgan fingerprint density at radius 1 is 1.06 bits per heavy atom. The van der Waals surface area contributed by atoms with Crippen molar-refractivity contribution in [1.82, 2.24) is 0 Å². The van der Waals surface area contributed by atoms with Crippen LogP contribution in [0.3, 0.4) is 0 Å². The van der Waals surface area contributed by atoms with Crippen molar-refractivity contribution in [3.8, 4) is 5.75 Å². The Bertz CT molecular complexity index is 416. The first kappa shape index (κ1) is 14.8. The van der Waals surface area contributed by atoms with Gasteiger partial charge in [0.05, 0.1) is 0 Å². The van der Waals surface area contributed by atoms with Gasteiger partial charge in [-0.2, -0.15) is 0 Å². The Morgan fingerprint density at radius 3 is 2.00 bits per heavy atom. The number of ether oxygens (including phenoxy) is 2. The van der Waals surface area contributed by atoms with Crippen LogP contribution in [0.1, 0.15) is 34.6 Å². The Labute approximate surface area is 113 Å². The van der Waals surface area contributed by atoms with E-state index in [-0.39, 0.29) is 0 Å². The maximum Gasteiger partial charge on any atom is 0.350 e. The van der Waals surface area contributed by atoms with Gasteiger partial charge in [0.2, 0.25) is 0 Å². The summed E-state index contributed by atoms with van der Waals surface area (Å²) in [5.74, 6) is 0.181. The predicted octanol–water partition coefficient (Wildman–Crippen LogP) is 3.84. The lowest BCUT2D eigenvalue weighted by Crippen LogP contribution is -2.43. The summed E-state index contributed by atoms with van der Waals surface area (Å²) in [6, 6.07) is 6.85. The van der Waals surface area contributed by atoms with E-state index in [0.717, 1.165) is 0 Å². The van der Waals surface area contributed by atoms with Gasteiger partial charge in [-0.3, -0.25) is 0 Å². The molecular formula is C14H19ClO3. The number of esters is 1. The van der Waals surface area contributed by atoms with Crippen molar-refractivity contribution in [3.63, 3.8) is 0 Å². The fourth-order valence-electron chi connectivity index (χ4n) is 1.24. The molecule has 1 aromatic rings. The topological polar surface area (TPSA) is 35.5 Å². The van der Waals surface area contributed by atoms with Crippen LogP contribution >= 0.6 is 11.6 Å². The predicted molar refractivity (Wildman–Crippen MR) is 72.0 cm³/mol. The molecule has 0 saturated carbocycles. The average molecular weight is 271 g/mol. The monoisotopic (exact) mass is 270 g/mol. The average Bonchev–Trinajstić information content (AvgIpc) is 2.18. The van der Waals surface area contributed by atoms with Crippen LogP contribution in [0.5, 0.6) is 5.75 Å². The first-order chi connectivity index (χ1) is 8.10. The minimum Gasteiger partial charge on any atom is -0.476 e. The lowest BCUT2D eigenvalue weighted by molar-refractivity contribution is -0.170. The molecule has 100 valence electrons. The van der Waals surface area contributed by atoms with Crippen LogP contribution in [0.4, 0.5) is 0 Å². The van der Waals surface area contributed by atoms with Gasteiger partial charge in [0, 0.05) is 5.02 Å². The van der Waals surface area contributed by atoms with Gasteiger partial charge in [-0.05, 0) is 58.9 Å². The molecule has 0 aliphatic rings. The van der Waals surface area contributed by atoms with Crippen molar-refractivity contribution in [2.75, 3.05) is 0 Å². The Balaban J connectivity index is 2.75. The molecule has 0 aliphatic carbocycles. The molecule has 0 saturated heterocycles. The molecule has 0 N–H and O–H groups in total. The molecule has 4 heteroatoms. The second kappa shape index (κ2) is 5.19. The molecule has 3 nitrogen and oxygen atoms in total. The lowest BCUT2D eigenvalue weighted by Gasteiger charge is -2.29. The van der Waals surface area contributed by atoms with Crippen molar-refractivity contribution >= 4 is 17.6 Å². The number of carbonyl (C=O) groups excluding carboxylic acids is 1. The quantitative estimate of drug-likeness (QED) is 0.783. The van der Waals surface area contributed by atoms with Crippen LogP contribution < -0.4 is 4.74 Å². The molecule has 0 radical (unpaired) electrons. The molecule has 0 aliphatic heterocycles. The van der Waals surface area contributed by atoms with E-state index in [0.29, 0.717) is 10.8 Å². The SMILES string of the molecule is CC(C)(C)OC(=O)C(C)(C)Oc1ccc(Cl)cc1. The highest BCUT2D eigenvalue weighted by molar-refractivity contribution is 6.30. The van der Waals surface area contributed by atoms with Gasteiger partial charge in [-0.25, -0.2) is 4.79 Å². The van der Waals surface area contributed by atoms with Gasteiger partial charge in [0.25, 0.3) is 0 Å². The zero-order valence-electron chi connectivity index (χ0n) is 11.4. The smallest absolute Gasteiger partial charge is 0.350 e. The molecule has 18 heavy (non-hydrogen) atoms. The molecule has 0 unspecified atom stereocenters. The molecular weight excluding hydrogens is 252 g/mol. The Hall–Kier alpha value is -1.22. The Morgan fingerprint density at radius 2 is 1.56 bits per heavy atom. The van der Waals surface area contributed by atoms with Gasteiger partial charge in [0.15, 0.2) is 5.60 Å². The van der Waals surface area contributed by atoms with E-state index in [1.165, 1.54) is 0 Å². The summed E-state index contributed by atoms with van der Waals surface area (Å²) in [5, 5.41) is 0.623. The minimum atomic E-state index is -1.04.